The molecule has 1 aromatic heterocycles. The predicted molar refractivity (Wildman–Crippen MR) is 130 cm³/mol. The lowest BCUT2D eigenvalue weighted by Crippen LogP contribution is -2.51. The number of carbonyl (C=O) groups excluding carboxylic acids is 1. The van der Waals surface area contributed by atoms with Crippen LogP contribution < -0.4 is 20.4 Å². The molecule has 1 amide bonds. The highest BCUT2D eigenvalue weighted by atomic mass is 16.2. The van der Waals surface area contributed by atoms with Crippen molar-refractivity contribution in [1.82, 2.24) is 10.3 Å². The number of benzene rings is 1. The molecule has 7 nitrogen and oxygen atoms in total. The summed E-state index contributed by atoms with van der Waals surface area (Å²) in [7, 11) is 0. The predicted octanol–water partition coefficient (Wildman–Crippen LogP) is 3.69. The van der Waals surface area contributed by atoms with Gasteiger partial charge in [0, 0.05) is 67.7 Å². The number of amides is 1. The van der Waals surface area contributed by atoms with Crippen LogP contribution in [0, 0.1) is 23.2 Å². The topological polar surface area (TPSA) is 84.3 Å². The number of nitrogens with one attached hydrogen (secondary N) is 2. The second-order valence-electron chi connectivity index (χ2n) is 9.79. The van der Waals surface area contributed by atoms with Crippen molar-refractivity contribution >= 4 is 23.1 Å². The van der Waals surface area contributed by atoms with Crippen molar-refractivity contribution in [3.63, 3.8) is 0 Å². The van der Waals surface area contributed by atoms with Crippen molar-refractivity contribution in [3.8, 4) is 6.07 Å². The maximum atomic E-state index is 12.9. The number of anilines is 3. The molecule has 2 fully saturated rings. The summed E-state index contributed by atoms with van der Waals surface area (Å²) in [5.74, 6) is 1.63. The maximum Gasteiger partial charge on any atom is 0.224 e. The van der Waals surface area contributed by atoms with Gasteiger partial charge in [0.15, 0.2) is 0 Å². The van der Waals surface area contributed by atoms with Gasteiger partial charge in [-0.25, -0.2) is 4.98 Å². The molecule has 2 aromatic rings. The molecule has 3 heterocycles. The number of piperazine rings is 1. The van der Waals surface area contributed by atoms with Gasteiger partial charge in [0.2, 0.25) is 5.91 Å². The van der Waals surface area contributed by atoms with Gasteiger partial charge in [-0.3, -0.25) is 4.79 Å². The van der Waals surface area contributed by atoms with Crippen LogP contribution >= 0.6 is 0 Å². The van der Waals surface area contributed by atoms with Gasteiger partial charge >= 0.3 is 0 Å². The van der Waals surface area contributed by atoms with E-state index < -0.39 is 0 Å². The highest BCUT2D eigenvalue weighted by Gasteiger charge is 2.47. The zero-order valence-corrected chi connectivity index (χ0v) is 19.6. The Kier molecular flexibility index (Phi) is 5.71. The van der Waals surface area contributed by atoms with E-state index in [1.54, 1.807) is 19.2 Å². The van der Waals surface area contributed by atoms with Crippen molar-refractivity contribution in [2.24, 2.45) is 11.8 Å². The van der Waals surface area contributed by atoms with Gasteiger partial charge in [0.25, 0.3) is 0 Å². The smallest absolute Gasteiger partial charge is 0.224 e. The van der Waals surface area contributed by atoms with Crippen molar-refractivity contribution in [2.75, 3.05) is 34.8 Å². The van der Waals surface area contributed by atoms with E-state index >= 15 is 0 Å². The lowest BCUT2D eigenvalue weighted by molar-refractivity contribution is -0.117. The van der Waals surface area contributed by atoms with E-state index in [9.17, 15) is 4.79 Å². The van der Waals surface area contributed by atoms with Crippen molar-refractivity contribution in [1.29, 1.82) is 5.26 Å². The molecule has 1 saturated heterocycles. The van der Waals surface area contributed by atoms with E-state index in [2.05, 4.69) is 58.6 Å². The first kappa shape index (κ1) is 21.7. The summed E-state index contributed by atoms with van der Waals surface area (Å²) in [6, 6.07) is 13.0. The van der Waals surface area contributed by atoms with Crippen LogP contribution in [0.3, 0.4) is 0 Å². The molecule has 3 aliphatic rings. The molecule has 1 aromatic carbocycles. The van der Waals surface area contributed by atoms with E-state index in [1.165, 1.54) is 18.5 Å². The number of carbonyl (C=O) groups is 1. The second-order valence-corrected chi connectivity index (χ2v) is 9.79. The Morgan fingerprint density at radius 2 is 2.06 bits per heavy atom. The zero-order chi connectivity index (χ0) is 23.1. The van der Waals surface area contributed by atoms with E-state index in [0.717, 1.165) is 36.7 Å². The molecule has 1 aliphatic carbocycles. The summed E-state index contributed by atoms with van der Waals surface area (Å²) in [5.41, 5.74) is 3.90. The van der Waals surface area contributed by atoms with Gasteiger partial charge in [0.05, 0.1) is 11.6 Å². The number of nitrogens with zero attached hydrogens (tertiary/aromatic N) is 4. The van der Waals surface area contributed by atoms with Crippen LogP contribution in [0.4, 0.5) is 17.2 Å². The average Bonchev–Trinajstić information content (AvgIpc) is 3.65. The van der Waals surface area contributed by atoms with E-state index in [4.69, 9.17) is 5.26 Å². The first-order chi connectivity index (χ1) is 16.0. The van der Waals surface area contributed by atoms with Crippen molar-refractivity contribution in [2.45, 2.75) is 51.7 Å². The molecule has 1 saturated carbocycles. The van der Waals surface area contributed by atoms with Crippen LogP contribution in [0.1, 0.15) is 50.8 Å². The number of rotatable bonds is 4. The standard InChI is InChI=1S/C26H32N6O/c1-16-15-31(11-10-28-16)21-7-8-23-22(12-21)25(30-24-9-4-19(13-27)14-29-24)17(2)26(20-5-6-20)32(23)18(3)33/h4,7-9,12,14,16-17,20,25-26,28H,5-6,10-11,15H2,1-3H3,(H,29,30). The number of hydrogen-bond donors (Lipinski definition) is 2. The molecule has 4 atom stereocenters. The first-order valence-corrected chi connectivity index (χ1v) is 12.0. The summed E-state index contributed by atoms with van der Waals surface area (Å²) in [4.78, 5) is 21.8. The lowest BCUT2D eigenvalue weighted by atomic mass is 9.79. The normalized spacial score (nSPS) is 27.0. The summed E-state index contributed by atoms with van der Waals surface area (Å²) in [6.45, 7) is 9.05. The second kappa shape index (κ2) is 8.68. The summed E-state index contributed by atoms with van der Waals surface area (Å²) >= 11 is 0. The molecule has 7 heteroatoms. The molecule has 5 rings (SSSR count). The van der Waals surface area contributed by atoms with Crippen LogP contribution in [-0.2, 0) is 4.79 Å². The summed E-state index contributed by atoms with van der Waals surface area (Å²) < 4.78 is 0. The van der Waals surface area contributed by atoms with Gasteiger partial charge < -0.3 is 20.4 Å². The quantitative estimate of drug-likeness (QED) is 0.748. The lowest BCUT2D eigenvalue weighted by Gasteiger charge is -2.46. The third kappa shape index (κ3) is 4.16. The Morgan fingerprint density at radius 3 is 2.70 bits per heavy atom. The SMILES string of the molecule is CC(=O)N1c2ccc(N3CCNC(C)C3)cc2C(Nc2ccc(C#N)cn2)C(C)C1C1CC1. The minimum Gasteiger partial charge on any atom is -0.369 e. The average molecular weight is 445 g/mol. The molecular formula is C26H32N6O. The number of pyridine rings is 1. The van der Waals surface area contributed by atoms with Gasteiger partial charge in [-0.05, 0) is 56.0 Å². The molecule has 2 N–H and O–H groups in total. The monoisotopic (exact) mass is 444 g/mol. The van der Waals surface area contributed by atoms with E-state index in [1.807, 2.05) is 11.0 Å². The van der Waals surface area contributed by atoms with Crippen LogP contribution in [0.15, 0.2) is 36.5 Å². The highest BCUT2D eigenvalue weighted by molar-refractivity contribution is 5.94. The molecule has 0 radical (unpaired) electrons. The Bertz CT molecular complexity index is 1070. The third-order valence-electron chi connectivity index (χ3n) is 7.34. The first-order valence-electron chi connectivity index (χ1n) is 12.0. The van der Waals surface area contributed by atoms with Gasteiger partial charge in [-0.1, -0.05) is 6.92 Å². The summed E-state index contributed by atoms with van der Waals surface area (Å²) in [5, 5.41) is 16.3. The summed E-state index contributed by atoms with van der Waals surface area (Å²) in [6.07, 6.45) is 3.95. The number of fused-ring (bicyclic) bond motifs is 1. The maximum absolute atomic E-state index is 12.9. The Labute approximate surface area is 195 Å². The number of hydrogen-bond acceptors (Lipinski definition) is 6. The molecular weight excluding hydrogens is 412 g/mol. The molecule has 4 unspecified atom stereocenters. The molecule has 0 bridgehead atoms. The van der Waals surface area contributed by atoms with Crippen molar-refractivity contribution < 1.29 is 4.79 Å². The van der Waals surface area contributed by atoms with Gasteiger partial charge in [-0.2, -0.15) is 5.26 Å². The van der Waals surface area contributed by atoms with E-state index in [0.29, 0.717) is 17.5 Å². The Balaban J connectivity index is 1.56. The molecule has 2 aliphatic heterocycles. The molecule has 172 valence electrons. The minimum atomic E-state index is 0.0296. The molecule has 0 spiro atoms. The number of nitriles is 1. The fourth-order valence-corrected chi connectivity index (χ4v) is 5.62. The largest absolute Gasteiger partial charge is 0.369 e. The van der Waals surface area contributed by atoms with Crippen LogP contribution in [-0.4, -0.2) is 42.6 Å². The van der Waals surface area contributed by atoms with Gasteiger partial charge in [-0.15, -0.1) is 0 Å². The minimum absolute atomic E-state index is 0.0296. The van der Waals surface area contributed by atoms with Crippen LogP contribution in [0.2, 0.25) is 0 Å². The molecule has 33 heavy (non-hydrogen) atoms. The zero-order valence-electron chi connectivity index (χ0n) is 19.6. The van der Waals surface area contributed by atoms with Gasteiger partial charge in [0.1, 0.15) is 11.9 Å². The fraction of sp³-hybridized carbons (Fsp3) is 0.500. The van der Waals surface area contributed by atoms with Crippen LogP contribution in [0.5, 0.6) is 0 Å². The van der Waals surface area contributed by atoms with Crippen LogP contribution in [0.25, 0.3) is 0 Å². The third-order valence-corrected chi connectivity index (χ3v) is 7.34. The van der Waals surface area contributed by atoms with E-state index in [-0.39, 0.29) is 23.9 Å². The fourth-order valence-electron chi connectivity index (χ4n) is 5.62. The Morgan fingerprint density at radius 1 is 1.24 bits per heavy atom. The number of aromatic nitrogens is 1. The highest BCUT2D eigenvalue weighted by Crippen LogP contribution is 2.50. The Hall–Kier alpha value is -3.11. The van der Waals surface area contributed by atoms with Crippen molar-refractivity contribution in [3.05, 3.63) is 47.7 Å².